The molecule has 5 aliphatic rings. The molecule has 7 nitrogen and oxygen atoms in total. The van der Waals surface area contributed by atoms with Crippen molar-refractivity contribution in [2.45, 2.75) is 74.5 Å². The number of ether oxygens (including phenoxy) is 2. The molecule has 3 aliphatic carbocycles. The molecule has 166 valence electrons. The van der Waals surface area contributed by atoms with Crippen molar-refractivity contribution >= 4 is 11.8 Å². The van der Waals surface area contributed by atoms with Gasteiger partial charge in [0.2, 0.25) is 0 Å². The Morgan fingerprint density at radius 3 is 2.90 bits per heavy atom. The van der Waals surface area contributed by atoms with Gasteiger partial charge in [-0.25, -0.2) is 0 Å². The highest BCUT2D eigenvalue weighted by atomic mass is 16.5. The lowest BCUT2D eigenvalue weighted by molar-refractivity contribution is -0.214. The number of carbonyl (C=O) groups excluding carboxylic acids is 1. The number of phenols is 1. The maximum Gasteiger partial charge on any atom is 0.303 e. The molecule has 2 bridgehead atoms. The molecule has 0 amide bonds. The second-order valence-electron chi connectivity index (χ2n) is 10.0. The zero-order valence-electron chi connectivity index (χ0n) is 17.6. The second-order valence-corrected chi connectivity index (χ2v) is 10.0. The summed E-state index contributed by atoms with van der Waals surface area (Å²) < 4.78 is 13.0. The summed E-state index contributed by atoms with van der Waals surface area (Å²) in [4.78, 5) is 26.7. The lowest BCUT2D eigenvalue weighted by Gasteiger charge is -2.64. The average Bonchev–Trinajstić information content (AvgIpc) is 3.48. The molecule has 1 aromatic rings. The van der Waals surface area contributed by atoms with Gasteiger partial charge in [-0.15, -0.1) is 0 Å². The molecule has 31 heavy (non-hydrogen) atoms. The fraction of sp³-hybridized carbons (Fsp3) is 0.667. The van der Waals surface area contributed by atoms with Crippen molar-refractivity contribution < 1.29 is 29.3 Å². The quantitative estimate of drug-likeness (QED) is 0.645. The Balaban J connectivity index is 1.47. The van der Waals surface area contributed by atoms with E-state index < -0.39 is 23.1 Å². The van der Waals surface area contributed by atoms with Crippen LogP contribution < -0.4 is 4.74 Å². The predicted octanol–water partition coefficient (Wildman–Crippen LogP) is 2.41. The van der Waals surface area contributed by atoms with Crippen molar-refractivity contribution in [3.8, 4) is 11.5 Å². The van der Waals surface area contributed by atoms with Crippen LogP contribution in [0.15, 0.2) is 12.1 Å². The van der Waals surface area contributed by atoms with Crippen molar-refractivity contribution in [2.75, 3.05) is 19.7 Å². The maximum absolute atomic E-state index is 13.1. The van der Waals surface area contributed by atoms with E-state index in [2.05, 4.69) is 4.90 Å². The van der Waals surface area contributed by atoms with Crippen molar-refractivity contribution in [3.63, 3.8) is 0 Å². The molecule has 2 saturated carbocycles. The highest BCUT2D eigenvalue weighted by Crippen LogP contribution is 2.66. The van der Waals surface area contributed by atoms with Crippen LogP contribution in [0.25, 0.3) is 0 Å². The number of nitrogens with zero attached hydrogens (tertiary/aromatic N) is 1. The van der Waals surface area contributed by atoms with E-state index in [9.17, 15) is 14.7 Å². The highest BCUT2D eigenvalue weighted by Gasteiger charge is 2.74. The third kappa shape index (κ3) is 2.59. The molecule has 2 aliphatic heterocycles. The first-order valence-corrected chi connectivity index (χ1v) is 11.6. The van der Waals surface area contributed by atoms with Crippen LogP contribution in [0.5, 0.6) is 11.5 Å². The third-order valence-corrected chi connectivity index (χ3v) is 8.41. The standard InChI is InChI=1S/C24H29NO6/c26-16-6-5-15-12-18-24(30-11-1-2-19(28)29)8-7-17(27)22-23(24,20(15)21(16)31-22)9-10-25(18)13-14-3-4-14/h5-6,14,18,22,26H,1-4,7-13H2,(H,28,29)/t18-,22+,23+,24?/m1/s1. The smallest absolute Gasteiger partial charge is 0.303 e. The number of phenolic OH excluding ortho intramolecular Hbond substituents is 1. The molecule has 1 unspecified atom stereocenters. The van der Waals surface area contributed by atoms with E-state index in [0.717, 1.165) is 43.0 Å². The van der Waals surface area contributed by atoms with Crippen LogP contribution in [0.3, 0.4) is 0 Å². The van der Waals surface area contributed by atoms with Gasteiger partial charge >= 0.3 is 5.97 Å². The predicted molar refractivity (Wildman–Crippen MR) is 110 cm³/mol. The Bertz CT molecular complexity index is 958. The molecular weight excluding hydrogens is 398 g/mol. The van der Waals surface area contributed by atoms with Crippen molar-refractivity contribution in [2.24, 2.45) is 5.92 Å². The summed E-state index contributed by atoms with van der Waals surface area (Å²) in [5, 5.41) is 19.7. The number of benzene rings is 1. The van der Waals surface area contributed by atoms with Gasteiger partial charge in [-0.2, -0.15) is 0 Å². The van der Waals surface area contributed by atoms with Crippen LogP contribution in [-0.2, 0) is 26.2 Å². The number of ketones is 1. The number of carboxylic acids is 1. The molecule has 4 atom stereocenters. The number of Topliss-reactive ketones (excluding diaryl/α,β-unsaturated/α-hetero) is 1. The minimum atomic E-state index is -0.822. The van der Waals surface area contributed by atoms with Gasteiger partial charge in [0.1, 0.15) is 0 Å². The molecule has 6 rings (SSSR count). The highest BCUT2D eigenvalue weighted by molar-refractivity contribution is 5.90. The van der Waals surface area contributed by atoms with Gasteiger partial charge in [0, 0.05) is 37.6 Å². The first kappa shape index (κ1) is 19.6. The number of carbonyl (C=O) groups is 2. The van der Waals surface area contributed by atoms with E-state index in [4.69, 9.17) is 14.6 Å². The summed E-state index contributed by atoms with van der Waals surface area (Å²) in [5.41, 5.74) is 0.938. The zero-order valence-corrected chi connectivity index (χ0v) is 17.6. The summed E-state index contributed by atoms with van der Waals surface area (Å²) in [5.74, 6) is 0.564. The van der Waals surface area contributed by atoms with Crippen molar-refractivity contribution in [3.05, 3.63) is 23.3 Å². The molecule has 0 radical (unpaired) electrons. The summed E-state index contributed by atoms with van der Waals surface area (Å²) >= 11 is 0. The fourth-order valence-corrected chi connectivity index (χ4v) is 7.01. The number of rotatable bonds is 7. The molecule has 2 heterocycles. The van der Waals surface area contributed by atoms with Crippen LogP contribution in [0.4, 0.5) is 0 Å². The summed E-state index contributed by atoms with van der Waals surface area (Å²) in [6.45, 7) is 2.30. The van der Waals surface area contributed by atoms with E-state index in [1.165, 1.54) is 12.8 Å². The van der Waals surface area contributed by atoms with Crippen molar-refractivity contribution in [1.29, 1.82) is 0 Å². The number of aromatic hydroxyl groups is 1. The number of likely N-dealkylation sites (tertiary alicyclic amines) is 1. The van der Waals surface area contributed by atoms with Gasteiger partial charge in [-0.1, -0.05) is 6.07 Å². The fourth-order valence-electron chi connectivity index (χ4n) is 7.01. The van der Waals surface area contributed by atoms with Crippen molar-refractivity contribution in [1.82, 2.24) is 4.90 Å². The number of carboxylic acid groups (broad SMARTS) is 1. The summed E-state index contributed by atoms with van der Waals surface area (Å²) in [6.07, 6.45) is 5.02. The third-order valence-electron chi connectivity index (χ3n) is 8.41. The van der Waals surface area contributed by atoms with Crippen LogP contribution in [0.1, 0.15) is 56.1 Å². The Kier molecular flexibility index (Phi) is 4.22. The SMILES string of the molecule is O=C(O)CCCOC12CCC(=O)[C@@H]3Oc4c(O)ccc5c4[C@@]31CCN(CC1CC1)[C@@H]2C5. The molecular formula is C24H29NO6. The molecule has 2 N–H and O–H groups in total. The second kappa shape index (κ2) is 6.69. The normalized spacial score (nSPS) is 35.5. The van der Waals surface area contributed by atoms with E-state index in [0.29, 0.717) is 31.6 Å². The number of hydrogen-bond acceptors (Lipinski definition) is 6. The Morgan fingerprint density at radius 2 is 2.13 bits per heavy atom. The summed E-state index contributed by atoms with van der Waals surface area (Å²) in [7, 11) is 0. The van der Waals surface area contributed by atoms with E-state index in [1.807, 2.05) is 6.07 Å². The van der Waals surface area contributed by atoms with Gasteiger partial charge in [0.05, 0.1) is 11.0 Å². The topological polar surface area (TPSA) is 96.3 Å². The molecule has 1 spiro atoms. The average molecular weight is 427 g/mol. The van der Waals surface area contributed by atoms with Crippen LogP contribution in [0.2, 0.25) is 0 Å². The first-order chi connectivity index (χ1) is 15.0. The molecule has 1 aromatic carbocycles. The Hall–Kier alpha value is -2.12. The van der Waals surface area contributed by atoms with Gasteiger partial charge < -0.3 is 19.7 Å². The first-order valence-electron chi connectivity index (χ1n) is 11.6. The maximum atomic E-state index is 13.1. The number of aliphatic carboxylic acids is 1. The van der Waals surface area contributed by atoms with Crippen LogP contribution in [-0.4, -0.2) is 64.3 Å². The minimum Gasteiger partial charge on any atom is -0.504 e. The van der Waals surface area contributed by atoms with E-state index >= 15 is 0 Å². The monoisotopic (exact) mass is 427 g/mol. The number of piperidine rings is 1. The van der Waals surface area contributed by atoms with Gasteiger partial charge in [0.25, 0.3) is 0 Å². The number of hydrogen-bond donors (Lipinski definition) is 2. The molecule has 7 heteroatoms. The van der Waals surface area contributed by atoms with Crippen LogP contribution in [0, 0.1) is 5.92 Å². The lowest BCUT2D eigenvalue weighted by atomic mass is 9.48. The summed E-state index contributed by atoms with van der Waals surface area (Å²) in [6, 6.07) is 3.81. The Labute approximate surface area is 181 Å². The largest absolute Gasteiger partial charge is 0.504 e. The zero-order chi connectivity index (χ0) is 21.4. The van der Waals surface area contributed by atoms with E-state index in [-0.39, 0.29) is 24.0 Å². The van der Waals surface area contributed by atoms with Gasteiger partial charge in [0.15, 0.2) is 23.4 Å². The molecule has 1 saturated heterocycles. The van der Waals surface area contributed by atoms with Gasteiger partial charge in [-0.3, -0.25) is 14.5 Å². The lowest BCUT2D eigenvalue weighted by Crippen LogP contribution is -2.77. The van der Waals surface area contributed by atoms with E-state index in [1.54, 1.807) is 6.07 Å². The molecule has 0 aromatic heterocycles. The van der Waals surface area contributed by atoms with Gasteiger partial charge in [-0.05, 0) is 62.6 Å². The van der Waals surface area contributed by atoms with Crippen LogP contribution >= 0.6 is 0 Å². The molecule has 3 fully saturated rings. The Morgan fingerprint density at radius 1 is 1.29 bits per heavy atom. The minimum absolute atomic E-state index is 0.0705.